The maximum absolute atomic E-state index is 11.9. The van der Waals surface area contributed by atoms with Crippen LogP contribution in [0.15, 0.2) is 30.3 Å². The van der Waals surface area contributed by atoms with Crippen LogP contribution in [0, 0.1) is 11.3 Å². The summed E-state index contributed by atoms with van der Waals surface area (Å²) in [7, 11) is 0. The second-order valence-corrected chi connectivity index (χ2v) is 7.33. The predicted octanol–water partition coefficient (Wildman–Crippen LogP) is 3.62. The molecule has 1 aliphatic rings. The fourth-order valence-corrected chi connectivity index (χ4v) is 4.24. The van der Waals surface area contributed by atoms with Crippen molar-refractivity contribution in [2.45, 2.75) is 44.6 Å². The summed E-state index contributed by atoms with van der Waals surface area (Å²) in [5, 5.41) is 9.72. The molecule has 122 valence electrons. The number of benzene rings is 1. The second-order valence-electron chi connectivity index (χ2n) is 7.33. The molecule has 4 nitrogen and oxygen atoms in total. The topological polar surface area (TPSA) is 62.9 Å². The molecule has 1 heterocycles. The third-order valence-electron chi connectivity index (χ3n) is 5.02. The summed E-state index contributed by atoms with van der Waals surface area (Å²) < 4.78 is 1.76. The predicted molar refractivity (Wildman–Crippen MR) is 91.4 cm³/mol. The van der Waals surface area contributed by atoms with E-state index in [4.69, 9.17) is 0 Å². The summed E-state index contributed by atoms with van der Waals surface area (Å²) >= 11 is 0. The minimum Gasteiger partial charge on any atom is -0.331 e. The van der Waals surface area contributed by atoms with E-state index in [2.05, 4.69) is 6.07 Å². The Labute approximate surface area is 141 Å². The Morgan fingerprint density at radius 1 is 1.08 bits per heavy atom. The molecule has 0 saturated heterocycles. The maximum atomic E-state index is 11.9. The molecule has 24 heavy (non-hydrogen) atoms. The average Bonchev–Trinajstić information content (AvgIpc) is 2.99. The first kappa shape index (κ1) is 16.2. The Kier molecular flexibility index (Phi) is 3.68. The molecule has 0 spiro atoms. The molecule has 0 fully saturated rings. The number of aromatic nitrogens is 1. The molecule has 1 unspecified atom stereocenters. The van der Waals surface area contributed by atoms with Gasteiger partial charge >= 0.3 is 0 Å². The molecule has 1 atom stereocenters. The molecular weight excluding hydrogens is 300 g/mol. The number of nitriles is 1. The molecule has 1 aliphatic carbocycles. The average molecular weight is 320 g/mol. The lowest BCUT2D eigenvalue weighted by molar-refractivity contribution is 0.110. The number of rotatable bonds is 4. The second kappa shape index (κ2) is 5.45. The SMILES string of the molecule is CC1(C)CC(C)(C#N)c2c1c(C=O)n(Cc1ccccc1)c2C=O. The zero-order valence-corrected chi connectivity index (χ0v) is 14.2. The molecular formula is C20H20N2O2. The number of carbonyl (C=O) groups excluding carboxylic acids is 2. The van der Waals surface area contributed by atoms with Crippen molar-refractivity contribution in [3.05, 3.63) is 58.4 Å². The monoisotopic (exact) mass is 320 g/mol. The molecule has 0 amide bonds. The minimum atomic E-state index is -0.755. The summed E-state index contributed by atoms with van der Waals surface area (Å²) in [4.78, 5) is 23.7. The molecule has 0 aliphatic heterocycles. The highest BCUT2D eigenvalue weighted by Gasteiger charge is 2.50. The number of fused-ring (bicyclic) bond motifs is 1. The highest BCUT2D eigenvalue weighted by molar-refractivity contribution is 5.87. The fourth-order valence-electron chi connectivity index (χ4n) is 4.24. The summed E-state index contributed by atoms with van der Waals surface area (Å²) in [6.07, 6.45) is 2.21. The van der Waals surface area contributed by atoms with Crippen molar-refractivity contribution in [1.29, 1.82) is 5.26 Å². The lowest BCUT2D eigenvalue weighted by Gasteiger charge is -2.23. The summed E-state index contributed by atoms with van der Waals surface area (Å²) in [5.74, 6) is 0. The highest BCUT2D eigenvalue weighted by atomic mass is 16.1. The molecule has 2 aromatic rings. The van der Waals surface area contributed by atoms with Crippen LogP contribution < -0.4 is 0 Å². The van der Waals surface area contributed by atoms with Crippen LogP contribution in [0.3, 0.4) is 0 Å². The molecule has 0 N–H and O–H groups in total. The first-order valence-corrected chi connectivity index (χ1v) is 8.01. The van der Waals surface area contributed by atoms with Gasteiger partial charge in [-0.25, -0.2) is 0 Å². The Morgan fingerprint density at radius 3 is 2.21 bits per heavy atom. The van der Waals surface area contributed by atoms with Crippen LogP contribution in [0.5, 0.6) is 0 Å². The Morgan fingerprint density at radius 2 is 1.67 bits per heavy atom. The molecule has 1 aromatic carbocycles. The van der Waals surface area contributed by atoms with Crippen molar-refractivity contribution < 1.29 is 9.59 Å². The van der Waals surface area contributed by atoms with Gasteiger partial charge in [-0.05, 0) is 29.9 Å². The van der Waals surface area contributed by atoms with Crippen LogP contribution in [-0.4, -0.2) is 17.1 Å². The molecule has 0 saturated carbocycles. The summed E-state index contributed by atoms with van der Waals surface area (Å²) in [5.41, 5.74) is 2.46. The minimum absolute atomic E-state index is 0.324. The van der Waals surface area contributed by atoms with Crippen molar-refractivity contribution in [3.63, 3.8) is 0 Å². The van der Waals surface area contributed by atoms with Crippen LogP contribution in [-0.2, 0) is 17.4 Å². The molecule has 0 radical (unpaired) electrons. The van der Waals surface area contributed by atoms with E-state index in [0.29, 0.717) is 24.4 Å². The van der Waals surface area contributed by atoms with Gasteiger partial charge in [0.2, 0.25) is 0 Å². The number of carbonyl (C=O) groups is 2. The van der Waals surface area contributed by atoms with Gasteiger partial charge < -0.3 is 4.57 Å². The van der Waals surface area contributed by atoms with Crippen LogP contribution >= 0.6 is 0 Å². The van der Waals surface area contributed by atoms with Crippen LogP contribution in [0.25, 0.3) is 0 Å². The number of nitrogens with zero attached hydrogens (tertiary/aromatic N) is 2. The highest BCUT2D eigenvalue weighted by Crippen LogP contribution is 2.52. The van der Waals surface area contributed by atoms with E-state index in [1.54, 1.807) is 4.57 Å². The molecule has 3 rings (SSSR count). The van der Waals surface area contributed by atoms with Gasteiger partial charge in [0.25, 0.3) is 0 Å². The normalized spacial score (nSPS) is 21.1. The lowest BCUT2D eigenvalue weighted by Crippen LogP contribution is -2.24. The third-order valence-corrected chi connectivity index (χ3v) is 5.02. The van der Waals surface area contributed by atoms with Gasteiger partial charge in [-0.3, -0.25) is 9.59 Å². The zero-order valence-electron chi connectivity index (χ0n) is 14.2. The number of hydrogen-bond donors (Lipinski definition) is 0. The first-order valence-electron chi connectivity index (χ1n) is 8.01. The smallest absolute Gasteiger partial charge is 0.166 e. The lowest BCUT2D eigenvalue weighted by atomic mass is 9.80. The van der Waals surface area contributed by atoms with Gasteiger partial charge in [0, 0.05) is 12.1 Å². The van der Waals surface area contributed by atoms with Crippen LogP contribution in [0.4, 0.5) is 0 Å². The van der Waals surface area contributed by atoms with Crippen molar-refractivity contribution >= 4 is 12.6 Å². The van der Waals surface area contributed by atoms with E-state index in [1.165, 1.54) is 0 Å². The molecule has 0 bridgehead atoms. The Balaban J connectivity index is 2.30. The van der Waals surface area contributed by atoms with Crippen molar-refractivity contribution in [2.24, 2.45) is 0 Å². The van der Waals surface area contributed by atoms with Gasteiger partial charge in [0.15, 0.2) is 12.6 Å². The van der Waals surface area contributed by atoms with E-state index < -0.39 is 5.41 Å². The Hall–Kier alpha value is -2.67. The zero-order chi connectivity index (χ0) is 17.5. The Bertz CT molecular complexity index is 856. The van der Waals surface area contributed by atoms with Crippen LogP contribution in [0.2, 0.25) is 0 Å². The standard InChI is InChI=1S/C20H20N2O2/c1-19(2)12-20(3,13-21)18-16(11-24)22(15(10-23)17(18)19)9-14-7-5-4-6-8-14/h4-8,10-11H,9,12H2,1-3H3. The van der Waals surface area contributed by atoms with Gasteiger partial charge in [-0.15, -0.1) is 0 Å². The molecule has 4 heteroatoms. The summed E-state index contributed by atoms with van der Waals surface area (Å²) in [6, 6.07) is 12.1. The van der Waals surface area contributed by atoms with E-state index in [9.17, 15) is 14.9 Å². The number of aldehydes is 2. The van der Waals surface area contributed by atoms with Gasteiger partial charge in [-0.2, -0.15) is 5.26 Å². The molecule has 1 aromatic heterocycles. The van der Waals surface area contributed by atoms with Crippen molar-refractivity contribution in [3.8, 4) is 6.07 Å². The van der Waals surface area contributed by atoms with Gasteiger partial charge in [0.1, 0.15) is 0 Å². The van der Waals surface area contributed by atoms with Gasteiger partial charge in [-0.1, -0.05) is 44.2 Å². The van der Waals surface area contributed by atoms with E-state index in [-0.39, 0.29) is 5.41 Å². The van der Waals surface area contributed by atoms with Gasteiger partial charge in [0.05, 0.1) is 22.9 Å². The quantitative estimate of drug-likeness (QED) is 0.808. The van der Waals surface area contributed by atoms with Crippen molar-refractivity contribution in [1.82, 2.24) is 4.57 Å². The number of hydrogen-bond acceptors (Lipinski definition) is 3. The summed E-state index contributed by atoms with van der Waals surface area (Å²) in [6.45, 7) is 6.36. The van der Waals surface area contributed by atoms with E-state index in [1.807, 2.05) is 51.1 Å². The largest absolute Gasteiger partial charge is 0.331 e. The fraction of sp³-hybridized carbons (Fsp3) is 0.350. The van der Waals surface area contributed by atoms with Crippen molar-refractivity contribution in [2.75, 3.05) is 0 Å². The first-order chi connectivity index (χ1) is 11.4. The third kappa shape index (κ3) is 2.20. The maximum Gasteiger partial charge on any atom is 0.166 e. The van der Waals surface area contributed by atoms with E-state index >= 15 is 0 Å². The van der Waals surface area contributed by atoms with E-state index in [0.717, 1.165) is 29.3 Å². The van der Waals surface area contributed by atoms with Crippen LogP contribution in [0.1, 0.15) is 64.9 Å².